The molecule has 2 aromatic carbocycles. The third-order valence-corrected chi connectivity index (χ3v) is 5.96. The molecule has 0 aliphatic carbocycles. The van der Waals surface area contributed by atoms with Crippen molar-refractivity contribution in [3.8, 4) is 6.07 Å². The van der Waals surface area contributed by atoms with Crippen molar-refractivity contribution in [3.63, 3.8) is 0 Å². The highest BCUT2D eigenvalue weighted by atomic mass is 35.5. The molecule has 0 saturated heterocycles. The standard InChI is InChI=1S/C26H23ClN6O2/c1-3-20-24(23(4-2)33(32-20)14-16-7-5-15(13-28)6-8-16)31-26(35)19-12-22(25(29)34)30-21-11-17(27)9-10-18(19)21/h5-12H,3-4,14H2,1-2H3,(H2,29,34)(H,31,35). The number of fused-ring (bicyclic) bond motifs is 1. The number of primary amides is 1. The zero-order valence-electron chi connectivity index (χ0n) is 19.3. The molecule has 2 aromatic heterocycles. The normalized spacial score (nSPS) is 10.8. The average molecular weight is 487 g/mol. The molecule has 4 aromatic rings. The summed E-state index contributed by atoms with van der Waals surface area (Å²) < 4.78 is 1.87. The van der Waals surface area contributed by atoms with Crippen LogP contribution in [-0.2, 0) is 19.4 Å². The Hall–Kier alpha value is -4.22. The van der Waals surface area contributed by atoms with Crippen LogP contribution in [0, 0.1) is 11.3 Å². The topological polar surface area (TPSA) is 127 Å². The fourth-order valence-corrected chi connectivity index (χ4v) is 4.15. The fraction of sp³-hybridized carbons (Fsp3) is 0.192. The zero-order chi connectivity index (χ0) is 25.1. The number of carbonyl (C=O) groups is 2. The van der Waals surface area contributed by atoms with Gasteiger partial charge in [0.25, 0.3) is 11.8 Å². The van der Waals surface area contributed by atoms with Gasteiger partial charge in [-0.1, -0.05) is 43.6 Å². The Morgan fingerprint density at radius 1 is 1.11 bits per heavy atom. The molecular formula is C26H23ClN6O2. The molecular weight excluding hydrogens is 464 g/mol. The number of rotatable bonds is 7. The first-order valence-electron chi connectivity index (χ1n) is 11.1. The summed E-state index contributed by atoms with van der Waals surface area (Å²) in [7, 11) is 0. The molecule has 0 bridgehead atoms. The number of halogens is 1. The van der Waals surface area contributed by atoms with E-state index in [2.05, 4.69) is 16.4 Å². The molecule has 0 saturated carbocycles. The number of nitrogens with two attached hydrogens (primary N) is 1. The van der Waals surface area contributed by atoms with E-state index in [1.807, 2.05) is 30.7 Å². The maximum Gasteiger partial charge on any atom is 0.267 e. The van der Waals surface area contributed by atoms with Crippen LogP contribution in [0.15, 0.2) is 48.5 Å². The van der Waals surface area contributed by atoms with Crippen LogP contribution in [0.1, 0.15) is 57.2 Å². The zero-order valence-corrected chi connectivity index (χ0v) is 20.1. The number of nitrogens with zero attached hydrogens (tertiary/aromatic N) is 4. The van der Waals surface area contributed by atoms with Gasteiger partial charge in [0.2, 0.25) is 0 Å². The monoisotopic (exact) mass is 486 g/mol. The van der Waals surface area contributed by atoms with Crippen molar-refractivity contribution in [1.29, 1.82) is 5.26 Å². The molecule has 35 heavy (non-hydrogen) atoms. The van der Waals surface area contributed by atoms with E-state index in [1.165, 1.54) is 6.07 Å². The first-order chi connectivity index (χ1) is 16.8. The molecule has 0 aliphatic rings. The van der Waals surface area contributed by atoms with E-state index in [0.29, 0.717) is 46.6 Å². The number of aromatic nitrogens is 3. The highest BCUT2D eigenvalue weighted by Gasteiger charge is 2.21. The van der Waals surface area contributed by atoms with Gasteiger partial charge in [0.05, 0.1) is 46.3 Å². The van der Waals surface area contributed by atoms with Crippen LogP contribution < -0.4 is 11.1 Å². The Bertz CT molecular complexity index is 1480. The number of carbonyl (C=O) groups excluding carboxylic acids is 2. The van der Waals surface area contributed by atoms with Gasteiger partial charge in [-0.2, -0.15) is 10.4 Å². The molecule has 2 amide bonds. The van der Waals surface area contributed by atoms with Crippen LogP contribution in [0.3, 0.4) is 0 Å². The Balaban J connectivity index is 1.73. The van der Waals surface area contributed by atoms with E-state index in [0.717, 1.165) is 17.0 Å². The van der Waals surface area contributed by atoms with Crippen LogP contribution in [0.25, 0.3) is 10.9 Å². The lowest BCUT2D eigenvalue weighted by Crippen LogP contribution is -2.18. The van der Waals surface area contributed by atoms with Crippen molar-refractivity contribution in [3.05, 3.63) is 87.3 Å². The molecule has 4 rings (SSSR count). The van der Waals surface area contributed by atoms with Crippen LogP contribution in [0.4, 0.5) is 5.69 Å². The number of aryl methyl sites for hydroxylation is 1. The number of nitriles is 1. The summed E-state index contributed by atoms with van der Waals surface area (Å²) in [5.41, 5.74) is 9.96. The summed E-state index contributed by atoms with van der Waals surface area (Å²) in [5.74, 6) is -1.13. The average Bonchev–Trinajstić information content (AvgIpc) is 3.18. The van der Waals surface area contributed by atoms with Crippen molar-refractivity contribution in [1.82, 2.24) is 14.8 Å². The highest BCUT2D eigenvalue weighted by molar-refractivity contribution is 6.31. The van der Waals surface area contributed by atoms with E-state index >= 15 is 0 Å². The minimum Gasteiger partial charge on any atom is -0.364 e. The van der Waals surface area contributed by atoms with Crippen molar-refractivity contribution >= 4 is 40.0 Å². The first-order valence-corrected chi connectivity index (χ1v) is 11.5. The molecule has 3 N–H and O–H groups in total. The summed E-state index contributed by atoms with van der Waals surface area (Å²) in [4.78, 5) is 29.6. The molecule has 8 nitrogen and oxygen atoms in total. The minimum atomic E-state index is -0.736. The van der Waals surface area contributed by atoms with E-state index in [4.69, 9.17) is 27.7 Å². The predicted octanol–water partition coefficient (Wildman–Crippen LogP) is 4.48. The number of benzene rings is 2. The maximum atomic E-state index is 13.5. The SMILES string of the molecule is CCc1nn(Cc2ccc(C#N)cc2)c(CC)c1NC(=O)c1cc(C(N)=O)nc2cc(Cl)ccc12. The van der Waals surface area contributed by atoms with Crippen LogP contribution in [0.2, 0.25) is 5.02 Å². The van der Waals surface area contributed by atoms with Gasteiger partial charge in [-0.25, -0.2) is 4.98 Å². The molecule has 0 aliphatic heterocycles. The van der Waals surface area contributed by atoms with Gasteiger partial charge in [0.1, 0.15) is 5.69 Å². The lowest BCUT2D eigenvalue weighted by molar-refractivity contribution is 0.0996. The Labute approximate surface area is 207 Å². The second kappa shape index (κ2) is 9.95. The number of nitrogens with one attached hydrogen (secondary N) is 1. The number of hydrogen-bond donors (Lipinski definition) is 2. The lowest BCUT2D eigenvalue weighted by Gasteiger charge is -2.12. The second-order valence-electron chi connectivity index (χ2n) is 7.98. The second-order valence-corrected chi connectivity index (χ2v) is 8.41. The Morgan fingerprint density at radius 3 is 2.49 bits per heavy atom. The third-order valence-electron chi connectivity index (χ3n) is 5.72. The largest absolute Gasteiger partial charge is 0.364 e. The van der Waals surface area contributed by atoms with Gasteiger partial charge in [-0.3, -0.25) is 14.3 Å². The van der Waals surface area contributed by atoms with Crippen LogP contribution in [0.5, 0.6) is 0 Å². The number of pyridine rings is 1. The van der Waals surface area contributed by atoms with Gasteiger partial charge in [-0.15, -0.1) is 0 Å². The Morgan fingerprint density at radius 2 is 1.86 bits per heavy atom. The lowest BCUT2D eigenvalue weighted by atomic mass is 10.1. The number of hydrogen-bond acceptors (Lipinski definition) is 5. The molecule has 0 atom stereocenters. The van der Waals surface area contributed by atoms with Crippen molar-refractivity contribution in [2.24, 2.45) is 5.73 Å². The number of anilines is 1. The summed E-state index contributed by atoms with van der Waals surface area (Å²) in [6.07, 6.45) is 1.25. The van der Waals surface area contributed by atoms with Crippen molar-refractivity contribution in [2.45, 2.75) is 33.2 Å². The van der Waals surface area contributed by atoms with Gasteiger partial charge in [0, 0.05) is 10.4 Å². The smallest absolute Gasteiger partial charge is 0.267 e. The number of amides is 2. The molecule has 0 unspecified atom stereocenters. The molecule has 0 spiro atoms. The molecule has 0 radical (unpaired) electrons. The van der Waals surface area contributed by atoms with Gasteiger partial charge in [-0.05, 0) is 48.7 Å². The fourth-order valence-electron chi connectivity index (χ4n) is 3.99. The molecule has 2 heterocycles. The summed E-state index contributed by atoms with van der Waals surface area (Å²) in [6.45, 7) is 4.47. The summed E-state index contributed by atoms with van der Waals surface area (Å²) in [6, 6.07) is 15.8. The van der Waals surface area contributed by atoms with E-state index in [1.54, 1.807) is 30.3 Å². The molecule has 0 fully saturated rings. The minimum absolute atomic E-state index is 0.0205. The van der Waals surface area contributed by atoms with Crippen LogP contribution in [-0.4, -0.2) is 26.6 Å². The summed E-state index contributed by atoms with van der Waals surface area (Å²) in [5, 5.41) is 17.8. The van der Waals surface area contributed by atoms with Crippen molar-refractivity contribution in [2.75, 3.05) is 5.32 Å². The van der Waals surface area contributed by atoms with E-state index in [9.17, 15) is 9.59 Å². The third kappa shape index (κ3) is 4.86. The Kier molecular flexibility index (Phi) is 6.80. The highest BCUT2D eigenvalue weighted by Crippen LogP contribution is 2.27. The first kappa shape index (κ1) is 23.9. The van der Waals surface area contributed by atoms with E-state index in [-0.39, 0.29) is 11.3 Å². The van der Waals surface area contributed by atoms with Crippen molar-refractivity contribution < 1.29 is 9.59 Å². The maximum absolute atomic E-state index is 13.5. The molecule has 176 valence electrons. The van der Waals surface area contributed by atoms with Gasteiger partial charge < -0.3 is 11.1 Å². The quantitative estimate of drug-likeness (QED) is 0.398. The van der Waals surface area contributed by atoms with Gasteiger partial charge >= 0.3 is 0 Å². The summed E-state index contributed by atoms with van der Waals surface area (Å²) >= 11 is 6.09. The predicted molar refractivity (Wildman–Crippen MR) is 134 cm³/mol. The van der Waals surface area contributed by atoms with Crippen LogP contribution >= 0.6 is 11.6 Å². The van der Waals surface area contributed by atoms with E-state index < -0.39 is 11.8 Å². The molecule has 9 heteroatoms. The van der Waals surface area contributed by atoms with Gasteiger partial charge in [0.15, 0.2) is 0 Å².